The predicted molar refractivity (Wildman–Crippen MR) is 104 cm³/mol. The first-order valence-corrected chi connectivity index (χ1v) is 8.94. The first kappa shape index (κ1) is 15.9. The molecule has 2 nitrogen and oxygen atoms in total. The summed E-state index contributed by atoms with van der Waals surface area (Å²) in [6.45, 7) is 3.76. The third-order valence-corrected chi connectivity index (χ3v) is 4.78. The molecule has 3 aromatic carbocycles. The van der Waals surface area contributed by atoms with E-state index in [-0.39, 0.29) is 6.10 Å². The molecule has 0 radical (unpaired) electrons. The number of fused-ring (bicyclic) bond motifs is 1. The van der Waals surface area contributed by atoms with E-state index < -0.39 is 0 Å². The lowest BCUT2D eigenvalue weighted by Gasteiger charge is -2.31. The van der Waals surface area contributed by atoms with Crippen molar-refractivity contribution in [2.45, 2.75) is 19.4 Å². The molecule has 1 atom stereocenters. The molecule has 1 aliphatic heterocycles. The molecular weight excluding hydrogens is 306 g/mol. The second kappa shape index (κ2) is 7.12. The van der Waals surface area contributed by atoms with Gasteiger partial charge in [0, 0.05) is 24.3 Å². The van der Waals surface area contributed by atoms with Crippen LogP contribution in [0.4, 0.5) is 11.4 Å². The Balaban J connectivity index is 1.82. The van der Waals surface area contributed by atoms with Gasteiger partial charge in [-0.3, -0.25) is 0 Å². The summed E-state index contributed by atoms with van der Waals surface area (Å²) in [5, 5.41) is 0. The van der Waals surface area contributed by atoms with E-state index >= 15 is 0 Å². The van der Waals surface area contributed by atoms with Gasteiger partial charge in [-0.1, -0.05) is 60.7 Å². The van der Waals surface area contributed by atoms with Gasteiger partial charge < -0.3 is 9.64 Å². The van der Waals surface area contributed by atoms with E-state index in [1.54, 1.807) is 0 Å². The third-order valence-electron chi connectivity index (χ3n) is 4.78. The lowest BCUT2D eigenvalue weighted by atomic mass is 9.98. The Morgan fingerprint density at radius 1 is 0.840 bits per heavy atom. The van der Waals surface area contributed by atoms with Gasteiger partial charge in [-0.15, -0.1) is 0 Å². The fourth-order valence-electron chi connectivity index (χ4n) is 3.51. The molecule has 1 unspecified atom stereocenters. The highest BCUT2D eigenvalue weighted by molar-refractivity contribution is 5.75. The zero-order valence-corrected chi connectivity index (χ0v) is 14.6. The first-order valence-electron chi connectivity index (χ1n) is 8.94. The number of nitrogens with zero attached hydrogens (tertiary/aromatic N) is 1. The van der Waals surface area contributed by atoms with Crippen molar-refractivity contribution in [3.63, 3.8) is 0 Å². The summed E-state index contributed by atoms with van der Waals surface area (Å²) >= 11 is 0. The van der Waals surface area contributed by atoms with Gasteiger partial charge in [0.25, 0.3) is 0 Å². The van der Waals surface area contributed by atoms with Crippen LogP contribution in [0.15, 0.2) is 78.9 Å². The molecular formula is C23H23NO. The van der Waals surface area contributed by atoms with Gasteiger partial charge in [0.2, 0.25) is 0 Å². The van der Waals surface area contributed by atoms with E-state index in [1.165, 1.54) is 28.1 Å². The number of benzene rings is 3. The maximum Gasteiger partial charge on any atom is 0.0649 e. The predicted octanol–water partition coefficient (Wildman–Crippen LogP) is 5.45. The van der Waals surface area contributed by atoms with Crippen LogP contribution in [0.25, 0.3) is 11.1 Å². The number of rotatable bonds is 2. The fourth-order valence-corrected chi connectivity index (χ4v) is 3.51. The number of hydrogen-bond acceptors (Lipinski definition) is 2. The highest BCUT2D eigenvalue weighted by atomic mass is 16.5. The van der Waals surface area contributed by atoms with E-state index in [1.807, 2.05) is 0 Å². The molecule has 0 N–H and O–H groups in total. The molecule has 0 fully saturated rings. The van der Waals surface area contributed by atoms with Crippen LogP contribution in [0.3, 0.4) is 0 Å². The van der Waals surface area contributed by atoms with Crippen LogP contribution in [0.2, 0.25) is 0 Å². The molecule has 0 bridgehead atoms. The van der Waals surface area contributed by atoms with Crippen molar-refractivity contribution in [3.8, 4) is 11.1 Å². The zero-order chi connectivity index (χ0) is 17.1. The summed E-state index contributed by atoms with van der Waals surface area (Å²) < 4.78 is 5.96. The van der Waals surface area contributed by atoms with Gasteiger partial charge in [0.15, 0.2) is 0 Å². The lowest BCUT2D eigenvalue weighted by molar-refractivity contribution is 0.0703. The summed E-state index contributed by atoms with van der Waals surface area (Å²) in [7, 11) is 0. The summed E-state index contributed by atoms with van der Waals surface area (Å²) in [5.74, 6) is 0. The quantitative estimate of drug-likeness (QED) is 0.619. The van der Waals surface area contributed by atoms with Gasteiger partial charge in [-0.25, -0.2) is 0 Å². The second-order valence-electron chi connectivity index (χ2n) is 6.58. The molecule has 0 saturated carbocycles. The van der Waals surface area contributed by atoms with Crippen molar-refractivity contribution in [1.29, 1.82) is 0 Å². The van der Waals surface area contributed by atoms with Gasteiger partial charge in [0.1, 0.15) is 0 Å². The Bertz CT molecular complexity index is 829. The van der Waals surface area contributed by atoms with Crippen molar-refractivity contribution >= 4 is 11.4 Å². The summed E-state index contributed by atoms with van der Waals surface area (Å²) in [4.78, 5) is 2.38. The number of para-hydroxylation sites is 1. The van der Waals surface area contributed by atoms with Crippen LogP contribution >= 0.6 is 0 Å². The number of ether oxygens (including phenoxy) is 1. The van der Waals surface area contributed by atoms with E-state index in [2.05, 4.69) is 90.7 Å². The van der Waals surface area contributed by atoms with E-state index in [0.29, 0.717) is 0 Å². The molecule has 25 heavy (non-hydrogen) atoms. The van der Waals surface area contributed by atoms with Crippen molar-refractivity contribution in [2.75, 3.05) is 18.1 Å². The van der Waals surface area contributed by atoms with E-state index in [9.17, 15) is 0 Å². The van der Waals surface area contributed by atoms with E-state index in [4.69, 9.17) is 4.74 Å². The second-order valence-corrected chi connectivity index (χ2v) is 6.58. The molecule has 2 heteroatoms. The minimum Gasteiger partial charge on any atom is -0.376 e. The highest BCUT2D eigenvalue weighted by Gasteiger charge is 2.19. The molecule has 1 heterocycles. The fraction of sp³-hybridized carbons (Fsp3) is 0.217. The smallest absolute Gasteiger partial charge is 0.0649 e. The van der Waals surface area contributed by atoms with Crippen LogP contribution < -0.4 is 4.90 Å². The lowest BCUT2D eigenvalue weighted by Crippen LogP contribution is -2.29. The van der Waals surface area contributed by atoms with Crippen molar-refractivity contribution in [2.24, 2.45) is 0 Å². The molecule has 4 rings (SSSR count). The Morgan fingerprint density at radius 3 is 2.32 bits per heavy atom. The standard InChI is InChI=1S/C23H23NO/c1-18-16-21-13-12-20(19-8-4-2-5-9-19)17-23(21)24(14-15-25-18)22-10-6-3-7-11-22/h2-13,17-18H,14-16H2,1H3. The summed E-state index contributed by atoms with van der Waals surface area (Å²) in [6, 6.07) is 28.0. The average Bonchev–Trinajstić information content (AvgIpc) is 2.66. The molecule has 0 spiro atoms. The first-order chi connectivity index (χ1) is 12.3. The van der Waals surface area contributed by atoms with Crippen molar-refractivity contribution in [3.05, 3.63) is 84.4 Å². The van der Waals surface area contributed by atoms with Crippen LogP contribution in [0.1, 0.15) is 12.5 Å². The third kappa shape index (κ3) is 3.45. The molecule has 3 aromatic rings. The van der Waals surface area contributed by atoms with Crippen molar-refractivity contribution in [1.82, 2.24) is 0 Å². The number of hydrogen-bond donors (Lipinski definition) is 0. The molecule has 0 saturated heterocycles. The SMILES string of the molecule is CC1Cc2ccc(-c3ccccc3)cc2N(c2ccccc2)CCO1. The van der Waals surface area contributed by atoms with Crippen LogP contribution in [0.5, 0.6) is 0 Å². The number of anilines is 2. The Labute approximate surface area is 149 Å². The molecule has 0 amide bonds. The van der Waals surface area contributed by atoms with Gasteiger partial charge >= 0.3 is 0 Å². The van der Waals surface area contributed by atoms with Gasteiger partial charge in [-0.2, -0.15) is 0 Å². The maximum atomic E-state index is 5.96. The Hall–Kier alpha value is -2.58. The minimum atomic E-state index is 0.249. The highest BCUT2D eigenvalue weighted by Crippen LogP contribution is 2.34. The largest absolute Gasteiger partial charge is 0.376 e. The van der Waals surface area contributed by atoms with E-state index in [0.717, 1.165) is 19.6 Å². The average molecular weight is 329 g/mol. The van der Waals surface area contributed by atoms with Gasteiger partial charge in [-0.05, 0) is 41.8 Å². The molecule has 0 aliphatic carbocycles. The minimum absolute atomic E-state index is 0.249. The zero-order valence-electron chi connectivity index (χ0n) is 14.6. The molecule has 126 valence electrons. The Morgan fingerprint density at radius 2 is 1.56 bits per heavy atom. The summed E-state index contributed by atoms with van der Waals surface area (Å²) in [5.41, 5.74) is 6.37. The van der Waals surface area contributed by atoms with Crippen LogP contribution in [-0.4, -0.2) is 19.3 Å². The van der Waals surface area contributed by atoms with Crippen LogP contribution in [-0.2, 0) is 11.2 Å². The Kier molecular flexibility index (Phi) is 4.53. The van der Waals surface area contributed by atoms with Crippen LogP contribution in [0, 0.1) is 0 Å². The molecule has 0 aromatic heterocycles. The summed E-state index contributed by atoms with van der Waals surface area (Å²) in [6.07, 6.45) is 1.19. The van der Waals surface area contributed by atoms with Gasteiger partial charge in [0.05, 0.1) is 12.7 Å². The monoisotopic (exact) mass is 329 g/mol. The normalized spacial score (nSPS) is 17.5. The maximum absolute atomic E-state index is 5.96. The molecule has 1 aliphatic rings. The topological polar surface area (TPSA) is 12.5 Å². The van der Waals surface area contributed by atoms with Crippen molar-refractivity contribution < 1.29 is 4.74 Å².